The second kappa shape index (κ2) is 4.30. The van der Waals surface area contributed by atoms with Gasteiger partial charge in [0.1, 0.15) is 17.7 Å². The number of benzene rings is 1. The first-order valence-corrected chi connectivity index (χ1v) is 6.48. The van der Waals surface area contributed by atoms with Gasteiger partial charge in [0.25, 0.3) is 0 Å². The number of anilines is 1. The Balaban J connectivity index is 1.96. The van der Waals surface area contributed by atoms with Gasteiger partial charge in [0.2, 0.25) is 0 Å². The number of nitrogen functional groups attached to an aromatic ring is 1. The molecule has 0 bridgehead atoms. The maximum atomic E-state index is 5.95. The van der Waals surface area contributed by atoms with Crippen molar-refractivity contribution >= 4 is 5.69 Å². The van der Waals surface area contributed by atoms with E-state index in [2.05, 4.69) is 24.2 Å². The van der Waals surface area contributed by atoms with Gasteiger partial charge in [-0.15, -0.1) is 0 Å². The molecule has 2 aromatic rings. The molecule has 1 aromatic heterocycles. The van der Waals surface area contributed by atoms with E-state index in [0.717, 1.165) is 30.7 Å². The maximum Gasteiger partial charge on any atom is 0.147 e. The monoisotopic (exact) mass is 258 g/mol. The lowest BCUT2D eigenvalue weighted by Gasteiger charge is -2.33. The van der Waals surface area contributed by atoms with Gasteiger partial charge in [-0.05, 0) is 42.5 Å². The molecule has 3 rings (SSSR count). The van der Waals surface area contributed by atoms with Crippen LogP contribution in [0.5, 0.6) is 5.75 Å². The normalized spacial score (nSPS) is 22.0. The third-order valence-corrected chi connectivity index (χ3v) is 4.11. The summed E-state index contributed by atoms with van der Waals surface area (Å²) >= 11 is 0. The minimum absolute atomic E-state index is 0.0430. The largest absolute Gasteiger partial charge is 0.497 e. The third-order valence-electron chi connectivity index (χ3n) is 4.11. The lowest BCUT2D eigenvalue weighted by atomic mass is 9.70. The smallest absolute Gasteiger partial charge is 0.147 e. The van der Waals surface area contributed by atoms with Crippen molar-refractivity contribution in [2.75, 3.05) is 12.8 Å². The van der Waals surface area contributed by atoms with Crippen LogP contribution >= 0.6 is 0 Å². The fourth-order valence-corrected chi connectivity index (χ4v) is 2.96. The lowest BCUT2D eigenvalue weighted by molar-refractivity contribution is 0.348. The zero-order chi connectivity index (χ0) is 13.5. The van der Waals surface area contributed by atoms with Gasteiger partial charge < -0.3 is 15.0 Å². The summed E-state index contributed by atoms with van der Waals surface area (Å²) in [5.74, 6) is 0.920. The summed E-state index contributed by atoms with van der Waals surface area (Å²) in [6.07, 6.45) is 4.48. The summed E-state index contributed by atoms with van der Waals surface area (Å²) in [5.41, 5.74) is 10.1. The summed E-state index contributed by atoms with van der Waals surface area (Å²) in [6.45, 7) is 2.20. The zero-order valence-corrected chi connectivity index (χ0v) is 11.3. The van der Waals surface area contributed by atoms with Gasteiger partial charge in [-0.1, -0.05) is 18.1 Å². The predicted molar refractivity (Wildman–Crippen MR) is 73.3 cm³/mol. The highest BCUT2D eigenvalue weighted by Crippen LogP contribution is 2.40. The minimum Gasteiger partial charge on any atom is -0.497 e. The number of hydrogen-bond acceptors (Lipinski definition) is 4. The van der Waals surface area contributed by atoms with Crippen molar-refractivity contribution in [1.29, 1.82) is 0 Å². The Hall–Kier alpha value is -1.97. The summed E-state index contributed by atoms with van der Waals surface area (Å²) in [5, 5.41) is 4.09. The highest BCUT2D eigenvalue weighted by atomic mass is 16.5. The van der Waals surface area contributed by atoms with E-state index < -0.39 is 0 Å². The molecular weight excluding hydrogens is 240 g/mol. The van der Waals surface area contributed by atoms with Crippen molar-refractivity contribution in [3.05, 3.63) is 41.3 Å². The van der Waals surface area contributed by atoms with Crippen LogP contribution in [0.4, 0.5) is 5.69 Å². The van der Waals surface area contributed by atoms with E-state index in [0.29, 0.717) is 5.69 Å². The van der Waals surface area contributed by atoms with Crippen molar-refractivity contribution in [2.24, 2.45) is 0 Å². The van der Waals surface area contributed by atoms with E-state index in [9.17, 15) is 0 Å². The SMILES string of the molecule is COc1ccc2c(c1)CCC(C)(c1nocc1N)C2. The van der Waals surface area contributed by atoms with Gasteiger partial charge in [-0.3, -0.25) is 0 Å². The van der Waals surface area contributed by atoms with Crippen LogP contribution in [0.15, 0.2) is 29.0 Å². The molecule has 0 saturated carbocycles. The van der Waals surface area contributed by atoms with Crippen molar-refractivity contribution < 1.29 is 9.26 Å². The average Bonchev–Trinajstić information content (AvgIpc) is 2.85. The number of nitrogens with zero attached hydrogens (tertiary/aromatic N) is 1. The van der Waals surface area contributed by atoms with E-state index in [1.54, 1.807) is 7.11 Å². The quantitative estimate of drug-likeness (QED) is 0.899. The van der Waals surface area contributed by atoms with Crippen molar-refractivity contribution in [3.8, 4) is 5.75 Å². The topological polar surface area (TPSA) is 61.3 Å². The van der Waals surface area contributed by atoms with Crippen molar-refractivity contribution in [3.63, 3.8) is 0 Å². The maximum absolute atomic E-state index is 5.95. The van der Waals surface area contributed by atoms with Crippen molar-refractivity contribution in [1.82, 2.24) is 5.16 Å². The number of rotatable bonds is 2. The Morgan fingerprint density at radius 3 is 2.89 bits per heavy atom. The van der Waals surface area contributed by atoms with Crippen LogP contribution in [-0.2, 0) is 18.3 Å². The molecule has 2 N–H and O–H groups in total. The Morgan fingerprint density at radius 1 is 1.37 bits per heavy atom. The van der Waals surface area contributed by atoms with Crippen LogP contribution in [-0.4, -0.2) is 12.3 Å². The second-order valence-electron chi connectivity index (χ2n) is 5.49. The highest BCUT2D eigenvalue weighted by molar-refractivity contribution is 5.47. The van der Waals surface area contributed by atoms with Crippen LogP contribution < -0.4 is 10.5 Å². The molecule has 0 radical (unpaired) electrons. The number of nitrogens with two attached hydrogens (primary N) is 1. The molecule has 19 heavy (non-hydrogen) atoms. The second-order valence-corrected chi connectivity index (χ2v) is 5.49. The molecule has 0 spiro atoms. The molecule has 0 aliphatic heterocycles. The standard InChI is InChI=1S/C15H18N2O2/c1-15(14-13(16)9-19-17-14)6-5-10-7-12(18-2)4-3-11(10)8-15/h3-4,7,9H,5-6,8,16H2,1-2H3. The fourth-order valence-electron chi connectivity index (χ4n) is 2.96. The summed E-state index contributed by atoms with van der Waals surface area (Å²) in [6, 6.07) is 6.28. The number of aryl methyl sites for hydroxylation is 1. The van der Waals surface area contributed by atoms with Gasteiger partial charge in [0.15, 0.2) is 0 Å². The van der Waals surface area contributed by atoms with Crippen molar-refractivity contribution in [2.45, 2.75) is 31.6 Å². The van der Waals surface area contributed by atoms with Crippen LogP contribution in [0, 0.1) is 0 Å². The Bertz CT molecular complexity index is 606. The molecule has 4 heteroatoms. The Labute approximate surface area is 112 Å². The molecule has 4 nitrogen and oxygen atoms in total. The van der Waals surface area contributed by atoms with E-state index in [4.69, 9.17) is 15.0 Å². The first-order chi connectivity index (χ1) is 9.12. The molecule has 1 heterocycles. The first-order valence-electron chi connectivity index (χ1n) is 6.48. The summed E-state index contributed by atoms with van der Waals surface area (Å²) in [7, 11) is 1.70. The highest BCUT2D eigenvalue weighted by Gasteiger charge is 2.35. The number of methoxy groups -OCH3 is 1. The molecule has 1 aliphatic carbocycles. The summed E-state index contributed by atoms with van der Waals surface area (Å²) in [4.78, 5) is 0. The van der Waals surface area contributed by atoms with Gasteiger partial charge in [0, 0.05) is 5.41 Å². The van der Waals surface area contributed by atoms with E-state index >= 15 is 0 Å². The molecule has 0 fully saturated rings. The van der Waals surface area contributed by atoms with E-state index in [-0.39, 0.29) is 5.41 Å². The molecule has 0 amide bonds. The van der Waals surface area contributed by atoms with E-state index in [1.165, 1.54) is 17.4 Å². The van der Waals surface area contributed by atoms with Gasteiger partial charge in [0.05, 0.1) is 12.8 Å². The summed E-state index contributed by atoms with van der Waals surface area (Å²) < 4.78 is 10.3. The lowest BCUT2D eigenvalue weighted by Crippen LogP contribution is -2.31. The van der Waals surface area contributed by atoms with Gasteiger partial charge in [-0.25, -0.2) is 0 Å². The van der Waals surface area contributed by atoms with Gasteiger partial charge >= 0.3 is 0 Å². The zero-order valence-electron chi connectivity index (χ0n) is 11.3. The molecule has 0 saturated heterocycles. The van der Waals surface area contributed by atoms with Crippen LogP contribution in [0.3, 0.4) is 0 Å². The van der Waals surface area contributed by atoms with Gasteiger partial charge in [-0.2, -0.15) is 0 Å². The van der Waals surface area contributed by atoms with E-state index in [1.807, 2.05) is 6.07 Å². The number of ether oxygens (including phenoxy) is 1. The predicted octanol–water partition coefficient (Wildman–Crippen LogP) is 2.71. The minimum atomic E-state index is -0.0430. The van der Waals surface area contributed by atoms with Crippen LogP contribution in [0.2, 0.25) is 0 Å². The number of hydrogen-bond donors (Lipinski definition) is 1. The first kappa shape index (κ1) is 12.1. The molecular formula is C15H18N2O2. The van der Waals surface area contributed by atoms with Crippen LogP contribution in [0.1, 0.15) is 30.2 Å². The number of aromatic nitrogens is 1. The molecule has 1 aliphatic rings. The number of fused-ring (bicyclic) bond motifs is 1. The Morgan fingerprint density at radius 2 is 2.21 bits per heavy atom. The molecule has 1 unspecified atom stereocenters. The molecule has 1 aromatic carbocycles. The average molecular weight is 258 g/mol. The molecule has 1 atom stereocenters. The fraction of sp³-hybridized carbons (Fsp3) is 0.400. The third kappa shape index (κ3) is 1.97. The molecule has 100 valence electrons. The van der Waals surface area contributed by atoms with Crippen LogP contribution in [0.25, 0.3) is 0 Å². The Kier molecular flexibility index (Phi) is 2.73.